The largest absolute Gasteiger partial charge is 0.363 e. The van der Waals surface area contributed by atoms with E-state index in [1.54, 1.807) is 0 Å². The zero-order valence-corrected chi connectivity index (χ0v) is 23.6. The average Bonchev–Trinajstić information content (AvgIpc) is 2.84. The van der Waals surface area contributed by atoms with E-state index in [0.29, 0.717) is 0 Å². The number of aliphatic imine (C=N–C) groups is 2. The molecule has 0 amide bonds. The van der Waals surface area contributed by atoms with Crippen molar-refractivity contribution in [1.29, 1.82) is 0 Å². The Morgan fingerprint density at radius 3 is 1.06 bits per heavy atom. The summed E-state index contributed by atoms with van der Waals surface area (Å²) < 4.78 is 6.62. The van der Waals surface area contributed by atoms with Crippen LogP contribution in [0.3, 0.4) is 0 Å². The van der Waals surface area contributed by atoms with Crippen molar-refractivity contribution in [3.05, 3.63) is 55.6 Å². The summed E-state index contributed by atoms with van der Waals surface area (Å²) >= 11 is 0. The highest BCUT2D eigenvalue weighted by Gasteiger charge is 2.27. The van der Waals surface area contributed by atoms with Crippen molar-refractivity contribution in [2.45, 2.75) is 115 Å². The molecule has 3 nitrogen and oxygen atoms in total. The highest BCUT2D eigenvalue weighted by atomic mass is 16.5. The van der Waals surface area contributed by atoms with Gasteiger partial charge in [-0.2, -0.15) is 0 Å². The molecule has 34 heavy (non-hydrogen) atoms. The van der Waals surface area contributed by atoms with E-state index in [1.165, 1.54) is 55.6 Å². The first kappa shape index (κ1) is 26.3. The molecule has 1 aliphatic heterocycles. The third-order valence-electron chi connectivity index (χ3n) is 8.69. The third-order valence-corrected chi connectivity index (χ3v) is 8.69. The highest BCUT2D eigenvalue weighted by molar-refractivity contribution is 5.92. The molecule has 1 fully saturated rings. The maximum absolute atomic E-state index is 6.62. The molecule has 0 spiro atoms. The van der Waals surface area contributed by atoms with Crippen LogP contribution in [-0.2, 0) is 4.74 Å². The molecular weight excluding hydrogens is 416 g/mol. The molecule has 1 aliphatic rings. The fourth-order valence-electron chi connectivity index (χ4n) is 5.23. The second-order valence-electron chi connectivity index (χ2n) is 10.5. The lowest BCUT2D eigenvalue weighted by Crippen LogP contribution is -2.36. The molecule has 3 rings (SSSR count). The van der Waals surface area contributed by atoms with Crippen LogP contribution in [0, 0.1) is 69.2 Å². The highest BCUT2D eigenvalue weighted by Crippen LogP contribution is 2.35. The van der Waals surface area contributed by atoms with Gasteiger partial charge < -0.3 is 4.74 Å². The number of rotatable bonds is 4. The first-order valence-corrected chi connectivity index (χ1v) is 12.8. The van der Waals surface area contributed by atoms with Crippen LogP contribution in [0.4, 0.5) is 11.4 Å². The standard InChI is InChI=1S/C31H44N2O/c1-16-18(3)22(7)30(23(8)19(16)4)32-26(11)28-14-13-15-29(34-28)27(12)33-31-24(9)20(5)17(2)21(6)25(31)10/h28-29H,13-15H2,1-12H3/t28-,29?/m0/s1. The Bertz CT molecular complexity index is 1030. The van der Waals surface area contributed by atoms with Gasteiger partial charge in [0.1, 0.15) is 0 Å². The predicted octanol–water partition coefficient (Wildman–Crippen LogP) is 8.59. The van der Waals surface area contributed by atoms with Gasteiger partial charge >= 0.3 is 0 Å². The monoisotopic (exact) mass is 460 g/mol. The first-order chi connectivity index (χ1) is 15.9. The second kappa shape index (κ2) is 10.2. The topological polar surface area (TPSA) is 34.0 Å². The summed E-state index contributed by atoms with van der Waals surface area (Å²) in [6.45, 7) is 26.3. The van der Waals surface area contributed by atoms with Gasteiger partial charge in [0.15, 0.2) is 0 Å². The molecule has 3 heteroatoms. The van der Waals surface area contributed by atoms with E-state index in [0.717, 1.165) is 42.1 Å². The lowest BCUT2D eigenvalue weighted by Gasteiger charge is -2.30. The molecule has 0 saturated carbocycles. The molecule has 0 radical (unpaired) electrons. The van der Waals surface area contributed by atoms with E-state index in [4.69, 9.17) is 14.7 Å². The summed E-state index contributed by atoms with van der Waals surface area (Å²) in [6.07, 6.45) is 3.23. The van der Waals surface area contributed by atoms with Gasteiger partial charge in [-0.15, -0.1) is 0 Å². The van der Waals surface area contributed by atoms with Gasteiger partial charge in [-0.25, -0.2) is 0 Å². The fraction of sp³-hybridized carbons (Fsp3) is 0.548. The predicted molar refractivity (Wildman–Crippen MR) is 148 cm³/mol. The first-order valence-electron chi connectivity index (χ1n) is 12.8. The minimum absolute atomic E-state index is 0.0355. The van der Waals surface area contributed by atoms with E-state index < -0.39 is 0 Å². The number of hydrogen-bond donors (Lipinski definition) is 0. The van der Waals surface area contributed by atoms with Crippen LogP contribution in [0.2, 0.25) is 0 Å². The summed E-state index contributed by atoms with van der Waals surface area (Å²) in [7, 11) is 0. The zero-order chi connectivity index (χ0) is 25.5. The fourth-order valence-corrected chi connectivity index (χ4v) is 5.23. The quantitative estimate of drug-likeness (QED) is 0.421. The molecule has 1 saturated heterocycles. The molecule has 1 unspecified atom stereocenters. The SMILES string of the molecule is CC(=Nc1c(C)c(C)c(C)c(C)c1C)C1CCC[C@@H](C(C)=Nc2c(C)c(C)c(C)c(C)c2C)O1. The van der Waals surface area contributed by atoms with Gasteiger partial charge in [-0.05, 0) is 158 Å². The van der Waals surface area contributed by atoms with Crippen LogP contribution >= 0.6 is 0 Å². The molecule has 2 atom stereocenters. The Hall–Kier alpha value is -2.26. The van der Waals surface area contributed by atoms with Crippen LogP contribution in [0.15, 0.2) is 9.98 Å². The summed E-state index contributed by atoms with van der Waals surface area (Å²) in [4.78, 5) is 10.3. The Morgan fingerprint density at radius 1 is 0.500 bits per heavy atom. The third kappa shape index (κ3) is 4.77. The Kier molecular flexibility index (Phi) is 7.87. The van der Waals surface area contributed by atoms with Crippen molar-refractivity contribution in [2.75, 3.05) is 0 Å². The van der Waals surface area contributed by atoms with Gasteiger partial charge in [-0.3, -0.25) is 9.98 Å². The van der Waals surface area contributed by atoms with E-state index in [-0.39, 0.29) is 12.2 Å². The van der Waals surface area contributed by atoms with Gasteiger partial charge in [0.2, 0.25) is 0 Å². The minimum Gasteiger partial charge on any atom is -0.363 e. The molecule has 0 aliphatic carbocycles. The number of benzene rings is 2. The minimum atomic E-state index is 0.0355. The molecule has 0 N–H and O–H groups in total. The van der Waals surface area contributed by atoms with Crippen LogP contribution in [-0.4, -0.2) is 23.6 Å². The molecular formula is C31H44N2O. The smallest absolute Gasteiger partial charge is 0.0962 e. The number of hydrogen-bond acceptors (Lipinski definition) is 3. The maximum atomic E-state index is 6.62. The maximum Gasteiger partial charge on any atom is 0.0962 e. The van der Waals surface area contributed by atoms with E-state index >= 15 is 0 Å². The molecule has 2 aromatic rings. The zero-order valence-electron chi connectivity index (χ0n) is 23.6. The lowest BCUT2D eigenvalue weighted by atomic mass is 9.92. The number of ether oxygens (including phenoxy) is 1. The van der Waals surface area contributed by atoms with Crippen LogP contribution in [0.25, 0.3) is 0 Å². The van der Waals surface area contributed by atoms with Crippen molar-refractivity contribution < 1.29 is 4.74 Å². The van der Waals surface area contributed by atoms with Crippen molar-refractivity contribution in [2.24, 2.45) is 9.98 Å². The summed E-state index contributed by atoms with van der Waals surface area (Å²) in [6, 6.07) is 0. The summed E-state index contributed by atoms with van der Waals surface area (Å²) in [5, 5.41) is 0. The Balaban J connectivity index is 1.91. The van der Waals surface area contributed by atoms with Crippen LogP contribution < -0.4 is 0 Å². The molecule has 0 aromatic heterocycles. The van der Waals surface area contributed by atoms with Crippen LogP contribution in [0.1, 0.15) is 88.7 Å². The summed E-state index contributed by atoms with van der Waals surface area (Å²) in [5.41, 5.74) is 17.6. The normalized spacial score (nSPS) is 19.6. The second-order valence-corrected chi connectivity index (χ2v) is 10.5. The number of nitrogens with zero attached hydrogens (tertiary/aromatic N) is 2. The molecule has 0 bridgehead atoms. The van der Waals surface area contributed by atoms with Crippen LogP contribution in [0.5, 0.6) is 0 Å². The van der Waals surface area contributed by atoms with Crippen molar-refractivity contribution in [3.63, 3.8) is 0 Å². The Labute approximate surface area is 207 Å². The van der Waals surface area contributed by atoms with E-state index in [2.05, 4.69) is 83.1 Å². The lowest BCUT2D eigenvalue weighted by molar-refractivity contribution is 0.0230. The molecule has 1 heterocycles. The van der Waals surface area contributed by atoms with Gasteiger partial charge in [0.25, 0.3) is 0 Å². The Morgan fingerprint density at radius 2 is 0.765 bits per heavy atom. The van der Waals surface area contributed by atoms with Gasteiger partial charge in [-0.1, -0.05) is 0 Å². The molecule has 184 valence electrons. The van der Waals surface area contributed by atoms with Crippen molar-refractivity contribution in [1.82, 2.24) is 0 Å². The van der Waals surface area contributed by atoms with Crippen molar-refractivity contribution in [3.8, 4) is 0 Å². The van der Waals surface area contributed by atoms with Crippen molar-refractivity contribution >= 4 is 22.8 Å². The van der Waals surface area contributed by atoms with Gasteiger partial charge in [0, 0.05) is 11.4 Å². The van der Waals surface area contributed by atoms with E-state index in [1.807, 2.05) is 0 Å². The molecule has 2 aromatic carbocycles. The average molecular weight is 461 g/mol. The summed E-state index contributed by atoms with van der Waals surface area (Å²) in [5.74, 6) is 0. The van der Waals surface area contributed by atoms with Gasteiger partial charge in [0.05, 0.1) is 23.6 Å². The van der Waals surface area contributed by atoms with E-state index in [9.17, 15) is 0 Å².